The van der Waals surface area contributed by atoms with Gasteiger partial charge in [0.2, 0.25) is 0 Å². The quantitative estimate of drug-likeness (QED) is 0.699. The van der Waals surface area contributed by atoms with Gasteiger partial charge >= 0.3 is 6.09 Å². The summed E-state index contributed by atoms with van der Waals surface area (Å²) in [5.74, 6) is 0.250. The SMILES string of the molecule is N#Cc1ccc(-c2ccc(N3CCN(CCNC(=O)OCC(N)=O)CC3)nc2)cc1. The zero-order valence-corrected chi connectivity index (χ0v) is 16.6. The largest absolute Gasteiger partial charge is 0.439 e. The minimum Gasteiger partial charge on any atom is -0.439 e. The second-order valence-corrected chi connectivity index (χ2v) is 6.89. The van der Waals surface area contributed by atoms with Crippen molar-refractivity contribution in [3.05, 3.63) is 48.2 Å². The number of carbonyl (C=O) groups excluding carboxylic acids is 2. The number of nitriles is 1. The Hall–Kier alpha value is -3.64. The molecular formula is C21H24N6O3. The molecule has 1 aliphatic heterocycles. The van der Waals surface area contributed by atoms with Gasteiger partial charge in [0.15, 0.2) is 6.61 Å². The predicted octanol–water partition coefficient (Wildman–Crippen LogP) is 0.954. The summed E-state index contributed by atoms with van der Waals surface area (Å²) in [6, 6.07) is 13.6. The molecule has 1 aromatic carbocycles. The maximum Gasteiger partial charge on any atom is 0.407 e. The molecule has 2 aromatic rings. The highest BCUT2D eigenvalue weighted by atomic mass is 16.6. The molecule has 3 rings (SSSR count). The Balaban J connectivity index is 1.43. The van der Waals surface area contributed by atoms with Gasteiger partial charge in [0, 0.05) is 51.0 Å². The minimum absolute atomic E-state index is 0.415. The van der Waals surface area contributed by atoms with E-state index in [-0.39, 0.29) is 0 Å². The predicted molar refractivity (Wildman–Crippen MR) is 112 cm³/mol. The van der Waals surface area contributed by atoms with Crippen LogP contribution in [0.2, 0.25) is 0 Å². The van der Waals surface area contributed by atoms with Crippen molar-refractivity contribution in [1.82, 2.24) is 15.2 Å². The third kappa shape index (κ3) is 5.93. The van der Waals surface area contributed by atoms with Crippen LogP contribution in [0.1, 0.15) is 5.56 Å². The summed E-state index contributed by atoms with van der Waals surface area (Å²) < 4.78 is 4.65. The first-order valence-electron chi connectivity index (χ1n) is 9.68. The molecule has 0 bridgehead atoms. The maximum atomic E-state index is 11.4. The smallest absolute Gasteiger partial charge is 0.407 e. The Morgan fingerprint density at radius 3 is 2.40 bits per heavy atom. The molecule has 9 nitrogen and oxygen atoms in total. The molecule has 0 aliphatic carbocycles. The molecule has 30 heavy (non-hydrogen) atoms. The van der Waals surface area contributed by atoms with Crippen LogP contribution < -0.4 is 16.0 Å². The normalized spacial score (nSPS) is 14.0. The van der Waals surface area contributed by atoms with Crippen LogP contribution in [0.15, 0.2) is 42.6 Å². The zero-order valence-electron chi connectivity index (χ0n) is 16.6. The van der Waals surface area contributed by atoms with Crippen LogP contribution in [0.4, 0.5) is 10.6 Å². The second-order valence-electron chi connectivity index (χ2n) is 6.89. The van der Waals surface area contributed by atoms with Crippen LogP contribution in [0.3, 0.4) is 0 Å². The molecule has 0 unspecified atom stereocenters. The number of hydrogen-bond donors (Lipinski definition) is 2. The summed E-state index contributed by atoms with van der Waals surface area (Å²) in [5.41, 5.74) is 7.60. The van der Waals surface area contributed by atoms with Gasteiger partial charge in [0.05, 0.1) is 11.6 Å². The first-order chi connectivity index (χ1) is 14.5. The van der Waals surface area contributed by atoms with Crippen molar-refractivity contribution in [1.29, 1.82) is 5.26 Å². The molecular weight excluding hydrogens is 384 g/mol. The molecule has 1 fully saturated rings. The maximum absolute atomic E-state index is 11.4. The third-order valence-electron chi connectivity index (χ3n) is 4.83. The van der Waals surface area contributed by atoms with Crippen molar-refractivity contribution < 1.29 is 14.3 Å². The first kappa shape index (κ1) is 21.1. The molecule has 2 amide bonds. The molecule has 9 heteroatoms. The van der Waals surface area contributed by atoms with Crippen LogP contribution in [0.25, 0.3) is 11.1 Å². The van der Waals surface area contributed by atoms with E-state index in [1.165, 1.54) is 0 Å². The Kier molecular flexibility index (Phi) is 7.19. The van der Waals surface area contributed by atoms with Gasteiger partial charge in [-0.25, -0.2) is 9.78 Å². The van der Waals surface area contributed by atoms with Gasteiger partial charge in [-0.05, 0) is 29.8 Å². The van der Waals surface area contributed by atoms with Gasteiger partial charge in [-0.1, -0.05) is 12.1 Å². The van der Waals surface area contributed by atoms with Crippen LogP contribution >= 0.6 is 0 Å². The molecule has 2 heterocycles. The number of alkyl carbamates (subject to hydrolysis) is 1. The molecule has 1 aromatic heterocycles. The molecule has 3 N–H and O–H groups in total. The van der Waals surface area contributed by atoms with Crippen LogP contribution in [-0.2, 0) is 9.53 Å². The van der Waals surface area contributed by atoms with Crippen molar-refractivity contribution in [3.63, 3.8) is 0 Å². The van der Waals surface area contributed by atoms with Gasteiger partial charge < -0.3 is 20.7 Å². The number of anilines is 1. The fourth-order valence-electron chi connectivity index (χ4n) is 3.19. The lowest BCUT2D eigenvalue weighted by molar-refractivity contribution is -0.120. The Morgan fingerprint density at radius 1 is 1.10 bits per heavy atom. The molecule has 0 atom stereocenters. The van der Waals surface area contributed by atoms with E-state index in [1.807, 2.05) is 30.5 Å². The van der Waals surface area contributed by atoms with Crippen molar-refractivity contribution in [2.45, 2.75) is 0 Å². The van der Waals surface area contributed by atoms with Gasteiger partial charge in [-0.15, -0.1) is 0 Å². The summed E-state index contributed by atoms with van der Waals surface area (Å²) in [5, 5.41) is 11.5. The average Bonchev–Trinajstić information content (AvgIpc) is 2.78. The van der Waals surface area contributed by atoms with Crippen molar-refractivity contribution >= 4 is 17.8 Å². The van der Waals surface area contributed by atoms with E-state index in [0.717, 1.165) is 43.1 Å². The number of primary amides is 1. The monoisotopic (exact) mass is 408 g/mol. The number of carbonyl (C=O) groups is 2. The number of hydrogen-bond acceptors (Lipinski definition) is 7. The summed E-state index contributed by atoms with van der Waals surface area (Å²) in [6.45, 7) is 4.12. The number of aromatic nitrogens is 1. The number of benzene rings is 1. The highest BCUT2D eigenvalue weighted by Crippen LogP contribution is 2.22. The average molecular weight is 408 g/mol. The number of nitrogens with one attached hydrogen (secondary N) is 1. The number of pyridine rings is 1. The Labute approximate surface area is 175 Å². The van der Waals surface area contributed by atoms with E-state index < -0.39 is 18.6 Å². The first-order valence-corrected chi connectivity index (χ1v) is 9.68. The summed E-state index contributed by atoms with van der Waals surface area (Å²) >= 11 is 0. The van der Waals surface area contributed by atoms with Crippen molar-refractivity contribution in [3.8, 4) is 17.2 Å². The van der Waals surface area contributed by atoms with E-state index in [9.17, 15) is 9.59 Å². The molecule has 1 saturated heterocycles. The van der Waals surface area contributed by atoms with Crippen molar-refractivity contribution in [2.75, 3.05) is 50.8 Å². The standard InChI is InChI=1S/C21H24N6O3/c22-13-16-1-3-17(4-2-16)18-5-6-20(25-14-18)27-11-9-26(10-12-27)8-7-24-21(29)30-15-19(23)28/h1-6,14H,7-12,15H2,(H2,23,28)(H,24,29). The molecule has 0 saturated carbocycles. The summed E-state index contributed by atoms with van der Waals surface area (Å²) in [6.07, 6.45) is 1.21. The van der Waals surface area contributed by atoms with Crippen molar-refractivity contribution in [2.24, 2.45) is 5.73 Å². The minimum atomic E-state index is -0.681. The van der Waals surface area contributed by atoms with E-state index >= 15 is 0 Å². The fourth-order valence-corrected chi connectivity index (χ4v) is 3.19. The molecule has 156 valence electrons. The van der Waals surface area contributed by atoms with Crippen LogP contribution in [0, 0.1) is 11.3 Å². The Morgan fingerprint density at radius 2 is 1.80 bits per heavy atom. The van der Waals surface area contributed by atoms with Crippen LogP contribution in [-0.4, -0.2) is 67.8 Å². The van der Waals surface area contributed by atoms with Gasteiger partial charge in [-0.3, -0.25) is 9.69 Å². The summed E-state index contributed by atoms with van der Waals surface area (Å²) in [7, 11) is 0. The van der Waals surface area contributed by atoms with Crippen LogP contribution in [0.5, 0.6) is 0 Å². The van der Waals surface area contributed by atoms with E-state index in [4.69, 9.17) is 11.0 Å². The highest BCUT2D eigenvalue weighted by Gasteiger charge is 2.18. The molecule has 0 radical (unpaired) electrons. The van der Waals surface area contributed by atoms with Gasteiger partial charge in [0.1, 0.15) is 5.82 Å². The van der Waals surface area contributed by atoms with E-state index in [0.29, 0.717) is 18.7 Å². The molecule has 0 spiro atoms. The summed E-state index contributed by atoms with van der Waals surface area (Å²) in [4.78, 5) is 31.0. The third-order valence-corrected chi connectivity index (χ3v) is 4.83. The van der Waals surface area contributed by atoms with Gasteiger partial charge in [0.25, 0.3) is 5.91 Å². The number of amides is 2. The number of piperazine rings is 1. The Bertz CT molecular complexity index is 900. The number of ether oxygens (including phenoxy) is 1. The lowest BCUT2D eigenvalue weighted by atomic mass is 10.1. The van der Waals surface area contributed by atoms with Gasteiger partial charge in [-0.2, -0.15) is 5.26 Å². The number of nitrogens with two attached hydrogens (primary N) is 1. The fraction of sp³-hybridized carbons (Fsp3) is 0.333. The lowest BCUT2D eigenvalue weighted by Gasteiger charge is -2.35. The molecule has 1 aliphatic rings. The zero-order chi connectivity index (χ0) is 21.3. The number of nitrogens with zero attached hydrogens (tertiary/aromatic N) is 4. The second kappa shape index (κ2) is 10.2. The van der Waals surface area contributed by atoms with E-state index in [2.05, 4.69) is 30.9 Å². The van der Waals surface area contributed by atoms with E-state index in [1.54, 1.807) is 12.1 Å². The lowest BCUT2D eigenvalue weighted by Crippen LogP contribution is -2.48. The number of rotatable bonds is 7. The highest BCUT2D eigenvalue weighted by molar-refractivity contribution is 5.78. The topological polar surface area (TPSA) is 125 Å².